The van der Waals surface area contributed by atoms with Crippen molar-refractivity contribution in [2.45, 2.75) is 31.7 Å². The Morgan fingerprint density at radius 1 is 1.41 bits per heavy atom. The van der Waals surface area contributed by atoms with Crippen molar-refractivity contribution in [1.82, 2.24) is 4.90 Å². The molecule has 1 aliphatic heterocycles. The number of para-hydroxylation sites is 1. The molecule has 1 aromatic carbocycles. The number of carboxylic acids is 1. The van der Waals surface area contributed by atoms with Gasteiger partial charge in [0.2, 0.25) is 0 Å². The summed E-state index contributed by atoms with van der Waals surface area (Å²) >= 11 is 0. The van der Waals surface area contributed by atoms with E-state index in [9.17, 15) is 14.7 Å². The maximum atomic E-state index is 12.9. The molecule has 1 fully saturated rings. The summed E-state index contributed by atoms with van der Waals surface area (Å²) in [5.74, 6) is -1.15. The van der Waals surface area contributed by atoms with Crippen LogP contribution in [0.1, 0.15) is 46.4 Å². The summed E-state index contributed by atoms with van der Waals surface area (Å²) in [4.78, 5) is 26.0. The van der Waals surface area contributed by atoms with Crippen LogP contribution < -0.4 is 4.74 Å². The highest BCUT2D eigenvalue weighted by atomic mass is 16.5. The minimum absolute atomic E-state index is 0.00521. The van der Waals surface area contributed by atoms with E-state index in [1.54, 1.807) is 12.1 Å². The van der Waals surface area contributed by atoms with E-state index in [4.69, 9.17) is 4.74 Å². The third kappa shape index (κ3) is 3.13. The molecule has 5 heteroatoms. The van der Waals surface area contributed by atoms with Gasteiger partial charge in [0.25, 0.3) is 5.91 Å². The zero-order valence-corrected chi connectivity index (χ0v) is 12.7. The van der Waals surface area contributed by atoms with Crippen LogP contribution in [0, 0.1) is 0 Å². The first kappa shape index (κ1) is 16.1. The molecule has 1 aliphatic rings. The molecular formula is C17H21NO4. The Labute approximate surface area is 130 Å². The third-order valence-corrected chi connectivity index (χ3v) is 4.01. The predicted molar refractivity (Wildman–Crippen MR) is 83.4 cm³/mol. The number of hydrogen-bond acceptors (Lipinski definition) is 3. The van der Waals surface area contributed by atoms with Gasteiger partial charge >= 0.3 is 5.97 Å². The van der Waals surface area contributed by atoms with Crippen molar-refractivity contribution in [3.05, 3.63) is 42.0 Å². The molecule has 1 aromatic rings. The van der Waals surface area contributed by atoms with Crippen LogP contribution in [0.15, 0.2) is 30.9 Å². The number of carboxylic acid groups (broad SMARTS) is 1. The fourth-order valence-electron chi connectivity index (χ4n) is 2.95. The highest BCUT2D eigenvalue weighted by Gasteiger charge is 2.29. The molecule has 0 saturated carbocycles. The summed E-state index contributed by atoms with van der Waals surface area (Å²) in [5.41, 5.74) is 0.309. The molecule has 1 heterocycles. The van der Waals surface area contributed by atoms with Crippen molar-refractivity contribution in [3.8, 4) is 5.75 Å². The molecular weight excluding hydrogens is 282 g/mol. The first-order chi connectivity index (χ1) is 10.6. The molecule has 0 radical (unpaired) electrons. The predicted octanol–water partition coefficient (Wildman–Crippen LogP) is 2.96. The molecule has 2 rings (SSSR count). The fraction of sp³-hybridized carbons (Fsp3) is 0.412. The summed E-state index contributed by atoms with van der Waals surface area (Å²) in [5, 5.41) is 9.23. The molecule has 0 aromatic heterocycles. The van der Waals surface area contributed by atoms with E-state index in [-0.39, 0.29) is 23.3 Å². The normalized spacial score (nSPS) is 17.9. The lowest BCUT2D eigenvalue weighted by atomic mass is 9.97. The van der Waals surface area contributed by atoms with Gasteiger partial charge < -0.3 is 14.7 Å². The lowest BCUT2D eigenvalue weighted by Crippen LogP contribution is -2.43. The first-order valence-electron chi connectivity index (χ1n) is 7.42. The summed E-state index contributed by atoms with van der Waals surface area (Å²) in [6.45, 7) is 4.43. The number of nitrogens with zero attached hydrogens (tertiary/aromatic N) is 1. The van der Waals surface area contributed by atoms with Crippen LogP contribution in [0.5, 0.6) is 5.75 Å². The second-order valence-corrected chi connectivity index (χ2v) is 5.36. The summed E-state index contributed by atoms with van der Waals surface area (Å²) in [6, 6.07) is 4.76. The number of ether oxygens (including phenoxy) is 1. The van der Waals surface area contributed by atoms with E-state index in [1.165, 1.54) is 13.2 Å². The highest BCUT2D eigenvalue weighted by Crippen LogP contribution is 2.28. The van der Waals surface area contributed by atoms with Crippen molar-refractivity contribution in [2.24, 2.45) is 0 Å². The largest absolute Gasteiger partial charge is 0.495 e. The van der Waals surface area contributed by atoms with Gasteiger partial charge in [-0.2, -0.15) is 0 Å². The van der Waals surface area contributed by atoms with Crippen LogP contribution in [-0.4, -0.2) is 41.6 Å². The van der Waals surface area contributed by atoms with E-state index in [0.29, 0.717) is 12.1 Å². The van der Waals surface area contributed by atoms with Gasteiger partial charge in [-0.05, 0) is 37.8 Å². The number of piperidine rings is 1. The number of benzene rings is 1. The maximum absolute atomic E-state index is 12.9. The molecule has 1 unspecified atom stereocenters. The van der Waals surface area contributed by atoms with E-state index < -0.39 is 5.97 Å². The second-order valence-electron chi connectivity index (χ2n) is 5.36. The van der Waals surface area contributed by atoms with E-state index in [2.05, 4.69) is 6.58 Å². The quantitative estimate of drug-likeness (QED) is 0.849. The minimum Gasteiger partial charge on any atom is -0.495 e. The molecule has 0 spiro atoms. The number of hydrogen-bond donors (Lipinski definition) is 1. The zero-order valence-electron chi connectivity index (χ0n) is 12.7. The van der Waals surface area contributed by atoms with Gasteiger partial charge in [-0.15, -0.1) is 6.58 Å². The molecule has 0 bridgehead atoms. The zero-order chi connectivity index (χ0) is 16.1. The summed E-state index contributed by atoms with van der Waals surface area (Å²) in [7, 11) is 1.38. The van der Waals surface area contributed by atoms with Crippen molar-refractivity contribution in [1.29, 1.82) is 0 Å². The van der Waals surface area contributed by atoms with Crippen LogP contribution in [-0.2, 0) is 0 Å². The van der Waals surface area contributed by atoms with Gasteiger partial charge in [-0.25, -0.2) is 4.79 Å². The average Bonchev–Trinajstić information content (AvgIpc) is 2.54. The molecule has 22 heavy (non-hydrogen) atoms. The number of amides is 1. The van der Waals surface area contributed by atoms with Crippen molar-refractivity contribution in [3.63, 3.8) is 0 Å². The topological polar surface area (TPSA) is 66.8 Å². The molecule has 1 amide bonds. The smallest absolute Gasteiger partial charge is 0.339 e. The maximum Gasteiger partial charge on any atom is 0.339 e. The number of carbonyl (C=O) groups excluding carboxylic acids is 1. The molecule has 1 atom stereocenters. The van der Waals surface area contributed by atoms with Gasteiger partial charge in [0.05, 0.1) is 12.7 Å². The van der Waals surface area contributed by atoms with Gasteiger partial charge in [-0.1, -0.05) is 12.1 Å². The van der Waals surface area contributed by atoms with Gasteiger partial charge in [0, 0.05) is 12.6 Å². The Morgan fingerprint density at radius 2 is 2.14 bits per heavy atom. The van der Waals surface area contributed by atoms with Gasteiger partial charge in [-0.3, -0.25) is 4.79 Å². The van der Waals surface area contributed by atoms with Crippen LogP contribution >= 0.6 is 0 Å². The lowest BCUT2D eigenvalue weighted by Gasteiger charge is -2.35. The van der Waals surface area contributed by atoms with Crippen molar-refractivity contribution >= 4 is 11.9 Å². The van der Waals surface area contributed by atoms with Crippen LogP contribution in [0.2, 0.25) is 0 Å². The number of methoxy groups -OCH3 is 1. The van der Waals surface area contributed by atoms with Crippen molar-refractivity contribution in [2.75, 3.05) is 13.7 Å². The van der Waals surface area contributed by atoms with E-state index in [1.807, 2.05) is 11.0 Å². The van der Waals surface area contributed by atoms with Gasteiger partial charge in [0.1, 0.15) is 11.3 Å². The Kier molecular flexibility index (Phi) is 5.20. The van der Waals surface area contributed by atoms with E-state index in [0.717, 1.165) is 25.7 Å². The van der Waals surface area contributed by atoms with Crippen molar-refractivity contribution < 1.29 is 19.4 Å². The Balaban J connectivity index is 2.37. The highest BCUT2D eigenvalue weighted by molar-refractivity contribution is 6.02. The van der Waals surface area contributed by atoms with E-state index >= 15 is 0 Å². The number of aromatic carboxylic acids is 1. The molecule has 118 valence electrons. The first-order valence-corrected chi connectivity index (χ1v) is 7.42. The monoisotopic (exact) mass is 303 g/mol. The fourth-order valence-corrected chi connectivity index (χ4v) is 2.95. The van der Waals surface area contributed by atoms with Crippen LogP contribution in [0.3, 0.4) is 0 Å². The van der Waals surface area contributed by atoms with Gasteiger partial charge in [0.15, 0.2) is 0 Å². The average molecular weight is 303 g/mol. The third-order valence-electron chi connectivity index (χ3n) is 4.01. The Hall–Kier alpha value is -2.30. The van der Waals surface area contributed by atoms with Crippen LogP contribution in [0.25, 0.3) is 0 Å². The minimum atomic E-state index is -1.10. The Morgan fingerprint density at radius 3 is 2.77 bits per heavy atom. The molecule has 5 nitrogen and oxygen atoms in total. The van der Waals surface area contributed by atoms with Crippen LogP contribution in [0.4, 0.5) is 0 Å². The molecule has 1 N–H and O–H groups in total. The Bertz CT molecular complexity index is 582. The molecule has 1 saturated heterocycles. The number of likely N-dealkylation sites (tertiary alicyclic amines) is 1. The SMILES string of the molecule is C=CCC1CCCCN1C(=O)c1cccc(C(=O)O)c1OC. The summed E-state index contributed by atoms with van der Waals surface area (Å²) in [6.07, 6.45) is 5.56. The number of rotatable bonds is 5. The number of carbonyl (C=O) groups is 2. The molecule has 0 aliphatic carbocycles. The standard InChI is InChI=1S/C17H21NO4/c1-3-7-12-8-4-5-11-18(12)16(19)13-9-6-10-14(17(20)21)15(13)22-2/h3,6,9-10,12H,1,4-5,7-8,11H2,2H3,(H,20,21). The lowest BCUT2D eigenvalue weighted by molar-refractivity contribution is 0.0613. The summed E-state index contributed by atoms with van der Waals surface area (Å²) < 4.78 is 5.20. The second kappa shape index (κ2) is 7.11.